The van der Waals surface area contributed by atoms with Crippen molar-refractivity contribution in [1.29, 1.82) is 0 Å². The number of aromatic nitrogens is 3. The SMILES string of the molecule is CCCn1ncnc1CC(O)COCC(F)(F)C(F)F. The van der Waals surface area contributed by atoms with E-state index >= 15 is 0 Å². The Morgan fingerprint density at radius 3 is 2.75 bits per heavy atom. The highest BCUT2D eigenvalue weighted by atomic mass is 19.3. The fourth-order valence-corrected chi connectivity index (χ4v) is 1.51. The number of aryl methyl sites for hydroxylation is 1. The number of aliphatic hydroxyl groups is 1. The summed E-state index contributed by atoms with van der Waals surface area (Å²) in [5, 5.41) is 13.5. The van der Waals surface area contributed by atoms with Gasteiger partial charge in [0.05, 0.1) is 12.7 Å². The molecule has 20 heavy (non-hydrogen) atoms. The van der Waals surface area contributed by atoms with E-state index in [1.54, 1.807) is 4.68 Å². The number of aliphatic hydroxyl groups excluding tert-OH is 1. The first-order valence-corrected chi connectivity index (χ1v) is 6.15. The van der Waals surface area contributed by atoms with Crippen LogP contribution < -0.4 is 0 Å². The molecule has 0 aliphatic heterocycles. The Morgan fingerprint density at radius 2 is 2.15 bits per heavy atom. The minimum atomic E-state index is -4.21. The van der Waals surface area contributed by atoms with Crippen molar-refractivity contribution in [2.75, 3.05) is 13.2 Å². The summed E-state index contributed by atoms with van der Waals surface area (Å²) in [6.07, 6.45) is -2.69. The summed E-state index contributed by atoms with van der Waals surface area (Å²) in [6.45, 7) is 0.661. The number of hydrogen-bond acceptors (Lipinski definition) is 4. The van der Waals surface area contributed by atoms with Crippen LogP contribution in [0, 0.1) is 0 Å². The largest absolute Gasteiger partial charge is 0.390 e. The monoisotopic (exact) mass is 299 g/mol. The molecule has 0 aromatic carbocycles. The third kappa shape index (κ3) is 5.04. The fraction of sp³-hybridized carbons (Fsp3) is 0.818. The zero-order chi connectivity index (χ0) is 15.2. The Bertz CT molecular complexity index is 401. The fourth-order valence-electron chi connectivity index (χ4n) is 1.51. The Labute approximate surface area is 113 Å². The first-order valence-electron chi connectivity index (χ1n) is 6.15. The zero-order valence-corrected chi connectivity index (χ0v) is 11.0. The molecule has 1 rings (SSSR count). The number of nitrogens with zero attached hydrogens (tertiary/aromatic N) is 3. The molecule has 1 unspecified atom stereocenters. The Balaban J connectivity index is 2.37. The molecular weight excluding hydrogens is 282 g/mol. The molecule has 0 spiro atoms. The van der Waals surface area contributed by atoms with Gasteiger partial charge in [-0.2, -0.15) is 13.9 Å². The maximum atomic E-state index is 12.6. The Kier molecular flexibility index (Phi) is 6.34. The number of alkyl halides is 4. The Hall–Kier alpha value is -1.22. The lowest BCUT2D eigenvalue weighted by Gasteiger charge is -2.17. The van der Waals surface area contributed by atoms with Crippen LogP contribution in [0.3, 0.4) is 0 Å². The summed E-state index contributed by atoms with van der Waals surface area (Å²) in [5.74, 6) is -3.72. The molecule has 0 aliphatic carbocycles. The van der Waals surface area contributed by atoms with Crippen molar-refractivity contribution >= 4 is 0 Å². The molecule has 0 radical (unpaired) electrons. The van der Waals surface area contributed by atoms with Gasteiger partial charge in [-0.05, 0) is 6.42 Å². The van der Waals surface area contributed by atoms with E-state index < -0.39 is 31.7 Å². The number of rotatable bonds is 9. The Morgan fingerprint density at radius 1 is 1.45 bits per heavy atom. The van der Waals surface area contributed by atoms with Crippen LogP contribution >= 0.6 is 0 Å². The zero-order valence-electron chi connectivity index (χ0n) is 11.0. The van der Waals surface area contributed by atoms with Gasteiger partial charge in [-0.15, -0.1) is 0 Å². The van der Waals surface area contributed by atoms with Crippen LogP contribution in [-0.2, 0) is 17.7 Å². The summed E-state index contributed by atoms with van der Waals surface area (Å²) in [6, 6.07) is 0. The van der Waals surface area contributed by atoms with Crippen LogP contribution in [0.4, 0.5) is 17.6 Å². The molecule has 0 amide bonds. The standard InChI is InChI=1S/C11H17F4N3O2/c1-2-3-18-9(16-7-17-18)4-8(19)5-20-6-11(14,15)10(12)13/h7-8,10,19H,2-6H2,1H3. The van der Waals surface area contributed by atoms with Crippen LogP contribution in [-0.4, -0.2) is 51.5 Å². The highest BCUT2D eigenvalue weighted by molar-refractivity contribution is 4.87. The normalized spacial score (nSPS) is 13.9. The van der Waals surface area contributed by atoms with Crippen LogP contribution in [0.5, 0.6) is 0 Å². The average Bonchev–Trinajstić information content (AvgIpc) is 2.76. The molecular formula is C11H17F4N3O2. The van der Waals surface area contributed by atoms with Gasteiger partial charge in [-0.1, -0.05) is 6.92 Å². The second-order valence-corrected chi connectivity index (χ2v) is 4.33. The molecule has 1 heterocycles. The van der Waals surface area contributed by atoms with Crippen LogP contribution in [0.25, 0.3) is 0 Å². The maximum absolute atomic E-state index is 12.6. The molecule has 9 heteroatoms. The quantitative estimate of drug-likeness (QED) is 0.702. The number of halogens is 4. The second kappa shape index (κ2) is 7.53. The smallest absolute Gasteiger partial charge is 0.330 e. The van der Waals surface area contributed by atoms with Gasteiger partial charge in [-0.25, -0.2) is 13.8 Å². The minimum Gasteiger partial charge on any atom is -0.390 e. The molecule has 0 aliphatic rings. The van der Waals surface area contributed by atoms with Crippen molar-refractivity contribution in [2.24, 2.45) is 0 Å². The van der Waals surface area contributed by atoms with Crippen molar-refractivity contribution in [2.45, 2.75) is 44.8 Å². The third-order valence-electron chi connectivity index (χ3n) is 2.47. The van der Waals surface area contributed by atoms with Crippen molar-refractivity contribution in [3.63, 3.8) is 0 Å². The molecule has 1 N–H and O–H groups in total. The number of ether oxygens (including phenoxy) is 1. The van der Waals surface area contributed by atoms with Gasteiger partial charge in [0, 0.05) is 13.0 Å². The van der Waals surface area contributed by atoms with Gasteiger partial charge < -0.3 is 9.84 Å². The summed E-state index contributed by atoms with van der Waals surface area (Å²) in [4.78, 5) is 3.93. The van der Waals surface area contributed by atoms with E-state index in [9.17, 15) is 22.7 Å². The number of hydrogen-bond donors (Lipinski definition) is 1. The summed E-state index contributed by atoms with van der Waals surface area (Å²) >= 11 is 0. The predicted octanol–water partition coefficient (Wildman–Crippen LogP) is 1.51. The second-order valence-electron chi connectivity index (χ2n) is 4.33. The topological polar surface area (TPSA) is 60.2 Å². The first kappa shape index (κ1) is 16.8. The van der Waals surface area contributed by atoms with Gasteiger partial charge in [0.15, 0.2) is 0 Å². The molecule has 116 valence electrons. The van der Waals surface area contributed by atoms with E-state index in [-0.39, 0.29) is 6.42 Å². The predicted molar refractivity (Wildman–Crippen MR) is 61.8 cm³/mol. The van der Waals surface area contributed by atoms with E-state index in [4.69, 9.17) is 0 Å². The van der Waals surface area contributed by atoms with E-state index in [1.165, 1.54) is 6.33 Å². The molecule has 1 aromatic rings. The third-order valence-corrected chi connectivity index (χ3v) is 2.47. The first-order chi connectivity index (χ1) is 9.36. The molecule has 0 fully saturated rings. The van der Waals surface area contributed by atoms with Gasteiger partial charge in [0.25, 0.3) is 0 Å². The van der Waals surface area contributed by atoms with Crippen LogP contribution in [0.15, 0.2) is 6.33 Å². The minimum absolute atomic E-state index is 0.0558. The van der Waals surface area contributed by atoms with E-state index in [2.05, 4.69) is 14.8 Å². The van der Waals surface area contributed by atoms with Crippen LogP contribution in [0.2, 0.25) is 0 Å². The van der Waals surface area contributed by atoms with Crippen molar-refractivity contribution < 1.29 is 27.4 Å². The molecule has 0 saturated carbocycles. The summed E-state index contributed by atoms with van der Waals surface area (Å²) in [7, 11) is 0. The van der Waals surface area contributed by atoms with Crippen molar-refractivity contribution in [3.05, 3.63) is 12.2 Å². The van der Waals surface area contributed by atoms with Gasteiger partial charge in [0.2, 0.25) is 0 Å². The van der Waals surface area contributed by atoms with E-state index in [1.807, 2.05) is 6.92 Å². The molecule has 0 saturated heterocycles. The van der Waals surface area contributed by atoms with Crippen LogP contribution in [0.1, 0.15) is 19.2 Å². The van der Waals surface area contributed by atoms with Crippen molar-refractivity contribution in [3.8, 4) is 0 Å². The lowest BCUT2D eigenvalue weighted by Crippen LogP contribution is -2.34. The van der Waals surface area contributed by atoms with Gasteiger partial charge in [0.1, 0.15) is 18.8 Å². The average molecular weight is 299 g/mol. The summed E-state index contributed by atoms with van der Waals surface area (Å²) in [5.41, 5.74) is 0. The highest BCUT2D eigenvalue weighted by Gasteiger charge is 2.41. The highest BCUT2D eigenvalue weighted by Crippen LogP contribution is 2.22. The lowest BCUT2D eigenvalue weighted by atomic mass is 10.2. The van der Waals surface area contributed by atoms with Gasteiger partial charge >= 0.3 is 12.3 Å². The van der Waals surface area contributed by atoms with E-state index in [0.717, 1.165) is 6.42 Å². The van der Waals surface area contributed by atoms with Gasteiger partial charge in [-0.3, -0.25) is 4.68 Å². The van der Waals surface area contributed by atoms with Crippen molar-refractivity contribution in [1.82, 2.24) is 14.8 Å². The molecule has 1 aromatic heterocycles. The molecule has 0 bridgehead atoms. The molecule has 1 atom stereocenters. The molecule has 5 nitrogen and oxygen atoms in total. The maximum Gasteiger partial charge on any atom is 0.330 e. The summed E-state index contributed by atoms with van der Waals surface area (Å²) < 4.78 is 54.9. The lowest BCUT2D eigenvalue weighted by molar-refractivity contribution is -0.170. The van der Waals surface area contributed by atoms with E-state index in [0.29, 0.717) is 12.4 Å².